The van der Waals surface area contributed by atoms with Gasteiger partial charge >= 0.3 is 6.09 Å². The molecule has 2 amide bonds. The Morgan fingerprint density at radius 2 is 1.64 bits per heavy atom. The molecule has 3 rings (SSSR count). The van der Waals surface area contributed by atoms with E-state index in [9.17, 15) is 22.8 Å². The third kappa shape index (κ3) is 8.63. The van der Waals surface area contributed by atoms with Crippen molar-refractivity contribution >= 4 is 27.8 Å². The number of carbonyl (C=O) groups excluding carboxylic acids is 3. The molecule has 1 heterocycles. The number of rotatable bonds is 12. The van der Waals surface area contributed by atoms with E-state index < -0.39 is 51.5 Å². The molecule has 0 aromatic heterocycles. The summed E-state index contributed by atoms with van der Waals surface area (Å²) in [7, 11) is -3.79. The van der Waals surface area contributed by atoms with E-state index in [1.54, 1.807) is 31.2 Å². The molecule has 2 N–H and O–H groups in total. The number of unbranched alkanes of at least 4 members (excludes halogenated alkanes) is 1. The van der Waals surface area contributed by atoms with Gasteiger partial charge < -0.3 is 15.4 Å². The first-order valence-corrected chi connectivity index (χ1v) is 14.9. The molecule has 1 saturated heterocycles. The van der Waals surface area contributed by atoms with E-state index >= 15 is 0 Å². The van der Waals surface area contributed by atoms with E-state index in [-0.39, 0.29) is 18.7 Å². The Morgan fingerprint density at radius 3 is 2.26 bits per heavy atom. The third-order valence-corrected chi connectivity index (χ3v) is 8.53. The molecule has 10 heteroatoms. The summed E-state index contributed by atoms with van der Waals surface area (Å²) in [4.78, 5) is 38.7. The van der Waals surface area contributed by atoms with E-state index in [0.29, 0.717) is 18.4 Å². The number of carbonyl (C=O) groups is 3. The van der Waals surface area contributed by atoms with Gasteiger partial charge in [-0.05, 0) is 29.9 Å². The minimum Gasteiger partial charge on any atom is -0.429 e. The van der Waals surface area contributed by atoms with Crippen LogP contribution in [0.15, 0.2) is 60.7 Å². The van der Waals surface area contributed by atoms with Gasteiger partial charge in [0.05, 0.1) is 11.8 Å². The van der Waals surface area contributed by atoms with Crippen molar-refractivity contribution in [3.8, 4) is 0 Å². The van der Waals surface area contributed by atoms with Crippen LogP contribution in [0.3, 0.4) is 0 Å². The van der Waals surface area contributed by atoms with Gasteiger partial charge in [-0.1, -0.05) is 94.3 Å². The van der Waals surface area contributed by atoms with E-state index in [2.05, 4.69) is 10.6 Å². The minimum absolute atomic E-state index is 0.193. The fourth-order valence-corrected chi connectivity index (χ4v) is 6.44. The van der Waals surface area contributed by atoms with Gasteiger partial charge in [0, 0.05) is 13.0 Å². The van der Waals surface area contributed by atoms with Crippen LogP contribution in [-0.4, -0.2) is 49.3 Å². The maximum Gasteiger partial charge on any atom is 0.409 e. The second-order valence-corrected chi connectivity index (χ2v) is 12.7. The average molecular weight is 558 g/mol. The van der Waals surface area contributed by atoms with Crippen molar-refractivity contribution in [3.05, 3.63) is 71.8 Å². The van der Waals surface area contributed by atoms with Crippen molar-refractivity contribution in [2.45, 2.75) is 77.4 Å². The first kappa shape index (κ1) is 30.3. The van der Waals surface area contributed by atoms with Crippen molar-refractivity contribution in [2.75, 3.05) is 6.54 Å². The fourth-order valence-electron chi connectivity index (χ4n) is 4.64. The lowest BCUT2D eigenvalue weighted by molar-refractivity contribution is -0.139. The zero-order chi connectivity index (χ0) is 28.6. The number of ether oxygens (including phenoxy) is 1. The van der Waals surface area contributed by atoms with Crippen LogP contribution in [0.2, 0.25) is 0 Å². The molecule has 1 aliphatic heterocycles. The predicted octanol–water partition coefficient (Wildman–Crippen LogP) is 4.31. The highest BCUT2D eigenvalue weighted by atomic mass is 32.2. The van der Waals surface area contributed by atoms with Gasteiger partial charge in [-0.3, -0.25) is 9.59 Å². The smallest absolute Gasteiger partial charge is 0.409 e. The molecule has 9 nitrogen and oxygen atoms in total. The Hall–Kier alpha value is -3.24. The Morgan fingerprint density at radius 1 is 1.03 bits per heavy atom. The van der Waals surface area contributed by atoms with Gasteiger partial charge in [0.15, 0.2) is 6.23 Å². The van der Waals surface area contributed by atoms with Crippen LogP contribution in [0.5, 0.6) is 0 Å². The number of nitrogens with zero attached hydrogens (tertiary/aromatic N) is 1. The molecule has 0 saturated carbocycles. The summed E-state index contributed by atoms with van der Waals surface area (Å²) in [5.74, 6) is -1.80. The lowest BCUT2D eigenvalue weighted by Gasteiger charge is -2.25. The van der Waals surface area contributed by atoms with Crippen molar-refractivity contribution in [3.63, 3.8) is 0 Å². The molecule has 1 fully saturated rings. The molecule has 0 bridgehead atoms. The number of sulfonamides is 1. The molecular formula is C29H39N3O6S. The zero-order valence-electron chi connectivity index (χ0n) is 23.1. The number of benzene rings is 2. The maximum absolute atomic E-state index is 13.3. The molecule has 1 unspecified atom stereocenters. The molecule has 0 spiro atoms. The lowest BCUT2D eigenvalue weighted by atomic mass is 9.93. The highest BCUT2D eigenvalue weighted by Crippen LogP contribution is 2.37. The van der Waals surface area contributed by atoms with E-state index in [0.717, 1.165) is 12.0 Å². The summed E-state index contributed by atoms with van der Waals surface area (Å²) < 4.78 is 33.3. The molecule has 3 atom stereocenters. The first-order chi connectivity index (χ1) is 18.4. The predicted molar refractivity (Wildman–Crippen MR) is 149 cm³/mol. The van der Waals surface area contributed by atoms with Crippen LogP contribution >= 0.6 is 0 Å². The van der Waals surface area contributed by atoms with Gasteiger partial charge in [0.2, 0.25) is 15.8 Å². The van der Waals surface area contributed by atoms with Crippen LogP contribution in [0.4, 0.5) is 4.79 Å². The van der Waals surface area contributed by atoms with Gasteiger partial charge in [-0.25, -0.2) is 13.2 Å². The normalized spacial score (nSPS) is 18.6. The van der Waals surface area contributed by atoms with Gasteiger partial charge in [0.1, 0.15) is 6.04 Å². The molecule has 1 aliphatic rings. The lowest BCUT2D eigenvalue weighted by Crippen LogP contribution is -2.49. The molecule has 0 aliphatic carbocycles. The van der Waals surface area contributed by atoms with Gasteiger partial charge in [0.25, 0.3) is 5.91 Å². The number of amides is 2. The van der Waals surface area contributed by atoms with Crippen LogP contribution in [0.1, 0.15) is 70.5 Å². The number of nitrogens with one attached hydrogen (secondary N) is 2. The Bertz CT molecular complexity index is 1230. The second-order valence-electron chi connectivity index (χ2n) is 10.8. The van der Waals surface area contributed by atoms with Gasteiger partial charge in [-0.15, -0.1) is 0 Å². The molecule has 2 aromatic rings. The van der Waals surface area contributed by atoms with Crippen LogP contribution in [0.25, 0.3) is 0 Å². The van der Waals surface area contributed by atoms with Crippen molar-refractivity contribution in [1.29, 1.82) is 0 Å². The Kier molecular flexibility index (Phi) is 10.3. The largest absolute Gasteiger partial charge is 0.429 e. The summed E-state index contributed by atoms with van der Waals surface area (Å²) in [5, 5.41) is 5.22. The summed E-state index contributed by atoms with van der Waals surface area (Å²) in [5.41, 5.74) is 1.06. The Balaban J connectivity index is 1.68. The third-order valence-electron chi connectivity index (χ3n) is 6.75. The average Bonchev–Trinajstić information content (AvgIpc) is 3.21. The zero-order valence-corrected chi connectivity index (χ0v) is 23.9. The number of alkyl carbamates (subject to hydrolysis) is 1. The van der Waals surface area contributed by atoms with E-state index in [1.807, 2.05) is 57.2 Å². The van der Waals surface area contributed by atoms with Crippen LogP contribution < -0.4 is 10.6 Å². The number of ketones is 1. The van der Waals surface area contributed by atoms with E-state index in [4.69, 9.17) is 4.74 Å². The number of Topliss-reactive ketones (excluding diaryl/α,β-unsaturated/α-hetero) is 1. The SMILES string of the molecule is CCCC[C@H](NC(=O)OC1CC(C)(C)CN1S(=O)(=O)Cc1ccccc1)C(=O)C(=O)N[C@H](C)c1ccccc1. The summed E-state index contributed by atoms with van der Waals surface area (Å²) in [6.07, 6.45) is -0.0450. The van der Waals surface area contributed by atoms with Crippen molar-refractivity contribution in [2.24, 2.45) is 5.41 Å². The molecule has 2 aromatic carbocycles. The highest BCUT2D eigenvalue weighted by molar-refractivity contribution is 7.88. The number of hydrogen-bond donors (Lipinski definition) is 2. The van der Waals surface area contributed by atoms with E-state index in [1.165, 1.54) is 4.31 Å². The molecule has 212 valence electrons. The standard InChI is InChI=1S/C29H39N3O6S/c1-5-6-17-24(26(33)27(34)30-21(2)23-15-11-8-12-16-23)31-28(35)38-25-18-29(3,4)20-32(25)39(36,37)19-22-13-9-7-10-14-22/h7-16,21,24-25H,5-6,17-20H2,1-4H3,(H,30,34)(H,31,35)/t21-,24+,25?/m1/s1. The molecular weight excluding hydrogens is 518 g/mol. The van der Waals surface area contributed by atoms with Crippen LogP contribution in [-0.2, 0) is 30.1 Å². The maximum atomic E-state index is 13.3. The van der Waals surface area contributed by atoms with Crippen molar-refractivity contribution < 1.29 is 27.5 Å². The summed E-state index contributed by atoms with van der Waals surface area (Å²) in [6.45, 7) is 7.72. The Labute approximate surface area is 231 Å². The monoisotopic (exact) mass is 557 g/mol. The quantitative estimate of drug-likeness (QED) is 0.375. The summed E-state index contributed by atoms with van der Waals surface area (Å²) in [6, 6.07) is 16.6. The summed E-state index contributed by atoms with van der Waals surface area (Å²) >= 11 is 0. The minimum atomic E-state index is -3.79. The van der Waals surface area contributed by atoms with Crippen LogP contribution in [0, 0.1) is 5.41 Å². The highest BCUT2D eigenvalue weighted by Gasteiger charge is 2.46. The number of hydrogen-bond acceptors (Lipinski definition) is 6. The first-order valence-electron chi connectivity index (χ1n) is 13.3. The molecule has 0 radical (unpaired) electrons. The second kappa shape index (κ2) is 13.2. The molecule has 39 heavy (non-hydrogen) atoms. The van der Waals surface area contributed by atoms with Crippen molar-refractivity contribution in [1.82, 2.24) is 14.9 Å². The van der Waals surface area contributed by atoms with Gasteiger partial charge in [-0.2, -0.15) is 4.31 Å². The topological polar surface area (TPSA) is 122 Å². The fraction of sp³-hybridized carbons (Fsp3) is 0.483.